The Morgan fingerprint density at radius 2 is 2.04 bits per heavy atom. The van der Waals surface area contributed by atoms with Crippen LogP contribution in [0.5, 0.6) is 5.75 Å². The molecular formula is C21H23NO4. The molecule has 136 valence electrons. The summed E-state index contributed by atoms with van der Waals surface area (Å²) in [5, 5.41) is 0. The lowest BCUT2D eigenvalue weighted by molar-refractivity contribution is -0.0568. The highest BCUT2D eigenvalue weighted by molar-refractivity contribution is 5.68. The minimum Gasteiger partial charge on any atom is -0.489 e. The maximum atomic E-state index is 12.0. The predicted molar refractivity (Wildman–Crippen MR) is 97.1 cm³/mol. The van der Waals surface area contributed by atoms with Crippen LogP contribution in [0.15, 0.2) is 48.5 Å². The van der Waals surface area contributed by atoms with Crippen LogP contribution in [0.3, 0.4) is 0 Å². The van der Waals surface area contributed by atoms with E-state index in [-0.39, 0.29) is 17.6 Å². The van der Waals surface area contributed by atoms with Crippen LogP contribution >= 0.6 is 0 Å². The van der Waals surface area contributed by atoms with Gasteiger partial charge in [-0.15, -0.1) is 0 Å². The van der Waals surface area contributed by atoms with Crippen molar-refractivity contribution in [3.8, 4) is 5.75 Å². The topological polar surface area (TPSA) is 48.0 Å². The summed E-state index contributed by atoms with van der Waals surface area (Å²) in [5.41, 5.74) is 3.02. The number of ether oxygens (including phenoxy) is 3. The molecule has 0 spiro atoms. The van der Waals surface area contributed by atoms with E-state index in [9.17, 15) is 4.79 Å². The average molecular weight is 353 g/mol. The molecule has 26 heavy (non-hydrogen) atoms. The van der Waals surface area contributed by atoms with Gasteiger partial charge in [0.25, 0.3) is 0 Å². The number of carbonyl (C=O) groups excluding carboxylic acids is 1. The summed E-state index contributed by atoms with van der Waals surface area (Å²) in [7, 11) is 1.41. The number of carbonyl (C=O) groups is 1. The van der Waals surface area contributed by atoms with Crippen molar-refractivity contribution in [3.05, 3.63) is 65.2 Å². The second-order valence-electron chi connectivity index (χ2n) is 7.10. The fraction of sp³-hybridized carbons (Fsp3) is 0.381. The average Bonchev–Trinajstić information content (AvgIpc) is 3.04. The molecule has 5 nitrogen and oxygen atoms in total. The Labute approximate surface area is 153 Å². The Hall–Kier alpha value is -2.53. The number of amides is 1. The Bertz CT molecular complexity index is 807. The number of benzene rings is 2. The van der Waals surface area contributed by atoms with Crippen molar-refractivity contribution in [3.63, 3.8) is 0 Å². The highest BCUT2D eigenvalue weighted by Gasteiger charge is 2.50. The van der Waals surface area contributed by atoms with Gasteiger partial charge in [-0.3, -0.25) is 0 Å². The molecule has 2 aromatic carbocycles. The molecule has 4 rings (SSSR count). The third-order valence-corrected chi connectivity index (χ3v) is 5.41. The van der Waals surface area contributed by atoms with Crippen LogP contribution in [0, 0.1) is 0 Å². The zero-order valence-corrected chi connectivity index (χ0v) is 15.1. The number of hydrogen-bond acceptors (Lipinski definition) is 4. The van der Waals surface area contributed by atoms with Crippen molar-refractivity contribution in [2.75, 3.05) is 20.2 Å². The first-order valence-corrected chi connectivity index (χ1v) is 8.86. The van der Waals surface area contributed by atoms with Gasteiger partial charge in [0.15, 0.2) is 0 Å². The van der Waals surface area contributed by atoms with Gasteiger partial charge in [-0.25, -0.2) is 4.79 Å². The monoisotopic (exact) mass is 353 g/mol. The number of nitrogens with zero attached hydrogens (tertiary/aromatic N) is 1. The minimum atomic E-state index is -0.390. The normalized spacial score (nSPS) is 23.9. The van der Waals surface area contributed by atoms with Gasteiger partial charge in [-0.05, 0) is 24.1 Å². The molecule has 0 saturated carbocycles. The van der Waals surface area contributed by atoms with Gasteiger partial charge in [0.05, 0.1) is 25.9 Å². The zero-order chi connectivity index (χ0) is 18.1. The van der Waals surface area contributed by atoms with Gasteiger partial charge in [0.1, 0.15) is 12.4 Å². The fourth-order valence-electron chi connectivity index (χ4n) is 3.98. The van der Waals surface area contributed by atoms with Gasteiger partial charge in [0.2, 0.25) is 0 Å². The van der Waals surface area contributed by atoms with Gasteiger partial charge in [-0.1, -0.05) is 42.5 Å². The van der Waals surface area contributed by atoms with Crippen molar-refractivity contribution in [1.29, 1.82) is 0 Å². The largest absolute Gasteiger partial charge is 0.489 e. The van der Waals surface area contributed by atoms with E-state index in [0.717, 1.165) is 16.9 Å². The van der Waals surface area contributed by atoms with E-state index in [1.807, 2.05) is 42.5 Å². The quantitative estimate of drug-likeness (QED) is 0.844. The molecule has 0 N–H and O–H groups in total. The Balaban J connectivity index is 1.58. The molecule has 2 heterocycles. The number of rotatable bonds is 3. The lowest BCUT2D eigenvalue weighted by Crippen LogP contribution is -2.40. The first-order valence-electron chi connectivity index (χ1n) is 8.86. The first kappa shape index (κ1) is 16.9. The summed E-state index contributed by atoms with van der Waals surface area (Å²) in [4.78, 5) is 13.7. The van der Waals surface area contributed by atoms with E-state index >= 15 is 0 Å². The predicted octanol–water partition coefficient (Wildman–Crippen LogP) is 3.72. The van der Waals surface area contributed by atoms with Crippen LogP contribution in [0.25, 0.3) is 0 Å². The van der Waals surface area contributed by atoms with Crippen LogP contribution < -0.4 is 4.74 Å². The molecule has 2 aliphatic rings. The minimum absolute atomic E-state index is 0.116. The van der Waals surface area contributed by atoms with E-state index in [0.29, 0.717) is 26.3 Å². The van der Waals surface area contributed by atoms with E-state index in [4.69, 9.17) is 14.2 Å². The summed E-state index contributed by atoms with van der Waals surface area (Å²) in [6.45, 7) is 4.22. The molecule has 1 saturated heterocycles. The van der Waals surface area contributed by atoms with Crippen LogP contribution in [0.4, 0.5) is 4.79 Å². The smallest absolute Gasteiger partial charge is 0.409 e. The molecule has 5 heteroatoms. The third kappa shape index (κ3) is 2.92. The standard InChI is InChI=1S/C21H23NO4/c1-21-14-22(20(23)24-2)11-18(21)16-9-6-10-19(17(16)13-26-21)25-12-15-7-4-3-5-8-15/h3-10,18H,11-14H2,1-2H3/t18-,21+/m1/s1. The first-order chi connectivity index (χ1) is 12.6. The summed E-state index contributed by atoms with van der Waals surface area (Å²) in [6, 6.07) is 16.2. The molecular weight excluding hydrogens is 330 g/mol. The number of methoxy groups -OCH3 is 1. The summed E-state index contributed by atoms with van der Waals surface area (Å²) in [5.74, 6) is 0.968. The molecule has 0 aromatic heterocycles. The summed E-state index contributed by atoms with van der Waals surface area (Å²) in [6.07, 6.45) is -0.303. The van der Waals surface area contributed by atoms with Gasteiger partial charge in [-0.2, -0.15) is 0 Å². The second-order valence-corrected chi connectivity index (χ2v) is 7.10. The van der Waals surface area contributed by atoms with Crippen LogP contribution in [-0.4, -0.2) is 36.8 Å². The van der Waals surface area contributed by atoms with Crippen LogP contribution in [0.1, 0.15) is 29.5 Å². The maximum Gasteiger partial charge on any atom is 0.409 e. The third-order valence-electron chi connectivity index (χ3n) is 5.41. The molecule has 0 aliphatic carbocycles. The molecule has 2 aliphatic heterocycles. The SMILES string of the molecule is COC(=O)N1C[C@@H]2c3cccc(OCc4ccccc4)c3CO[C@@]2(C)C1. The Kier molecular flexibility index (Phi) is 4.32. The van der Waals surface area contributed by atoms with Crippen molar-refractivity contribution < 1.29 is 19.0 Å². The van der Waals surface area contributed by atoms with Crippen molar-refractivity contribution >= 4 is 6.09 Å². The number of likely N-dealkylation sites (tertiary alicyclic amines) is 1. The summed E-state index contributed by atoms with van der Waals surface area (Å²) < 4.78 is 17.2. The lowest BCUT2D eigenvalue weighted by Gasteiger charge is -2.37. The Morgan fingerprint density at radius 1 is 1.23 bits per heavy atom. The highest BCUT2D eigenvalue weighted by atomic mass is 16.5. The Morgan fingerprint density at radius 3 is 2.81 bits per heavy atom. The maximum absolute atomic E-state index is 12.0. The van der Waals surface area contributed by atoms with Crippen molar-refractivity contribution in [2.24, 2.45) is 0 Å². The molecule has 0 unspecified atom stereocenters. The second kappa shape index (κ2) is 6.65. The van der Waals surface area contributed by atoms with Gasteiger partial charge in [0, 0.05) is 18.0 Å². The van der Waals surface area contributed by atoms with E-state index < -0.39 is 0 Å². The lowest BCUT2D eigenvalue weighted by atomic mass is 9.81. The molecule has 2 aromatic rings. The highest BCUT2D eigenvalue weighted by Crippen LogP contribution is 2.46. The molecule has 1 amide bonds. The summed E-state index contributed by atoms with van der Waals surface area (Å²) >= 11 is 0. The van der Waals surface area contributed by atoms with Crippen LogP contribution in [0.2, 0.25) is 0 Å². The molecule has 2 atom stereocenters. The van der Waals surface area contributed by atoms with Crippen molar-refractivity contribution in [1.82, 2.24) is 4.90 Å². The van der Waals surface area contributed by atoms with E-state index in [1.54, 1.807) is 4.90 Å². The zero-order valence-electron chi connectivity index (χ0n) is 15.1. The fourth-order valence-corrected chi connectivity index (χ4v) is 3.98. The number of fused-ring (bicyclic) bond motifs is 3. The molecule has 0 bridgehead atoms. The van der Waals surface area contributed by atoms with E-state index in [2.05, 4.69) is 13.0 Å². The van der Waals surface area contributed by atoms with Gasteiger partial charge < -0.3 is 19.1 Å². The number of hydrogen-bond donors (Lipinski definition) is 0. The van der Waals surface area contributed by atoms with Crippen molar-refractivity contribution in [2.45, 2.75) is 31.7 Å². The molecule has 1 fully saturated rings. The van der Waals surface area contributed by atoms with Gasteiger partial charge >= 0.3 is 6.09 Å². The van der Waals surface area contributed by atoms with E-state index in [1.165, 1.54) is 12.7 Å². The van der Waals surface area contributed by atoms with Crippen LogP contribution in [-0.2, 0) is 22.7 Å². The molecule has 0 radical (unpaired) electrons.